The Morgan fingerprint density at radius 2 is 1.61 bits per heavy atom. The van der Waals surface area contributed by atoms with Crippen LogP contribution in [0.15, 0.2) is 16.8 Å². The second kappa shape index (κ2) is 17.7. The fraction of sp³-hybridized carbons (Fsp3) is 0.640. The molecule has 0 spiro atoms. The molecule has 1 aromatic rings. The summed E-state index contributed by atoms with van der Waals surface area (Å²) >= 11 is 5.76. The Hall–Kier alpha value is -2.80. The molecule has 4 amide bonds. The van der Waals surface area contributed by atoms with Crippen molar-refractivity contribution in [2.24, 2.45) is 11.8 Å². The topological polar surface area (TPSA) is 163 Å². The summed E-state index contributed by atoms with van der Waals surface area (Å²) in [5.74, 6) is -2.73. The summed E-state index contributed by atoms with van der Waals surface area (Å²) in [6, 6.07) is -1.21. The number of carboxylic acids is 1. The van der Waals surface area contributed by atoms with Gasteiger partial charge in [0.25, 0.3) is 0 Å². The molecule has 5 N–H and O–H groups in total. The molecular weight excluding hydrogens is 532 g/mol. The Balaban J connectivity index is 2.84. The van der Waals surface area contributed by atoms with Gasteiger partial charge in [0.1, 0.15) is 18.1 Å². The van der Waals surface area contributed by atoms with Crippen LogP contribution in [0.25, 0.3) is 0 Å². The van der Waals surface area contributed by atoms with Gasteiger partial charge in [-0.15, -0.1) is 0 Å². The lowest BCUT2D eigenvalue weighted by atomic mass is 10.0. The number of carbonyl (C=O) groups is 5. The van der Waals surface area contributed by atoms with Crippen LogP contribution in [0, 0.1) is 11.8 Å². The number of thiol groups is 1. The third-order valence-corrected chi connectivity index (χ3v) is 6.35. The largest absolute Gasteiger partial charge is 0.481 e. The first-order valence-electron chi connectivity index (χ1n) is 12.6. The molecule has 1 rings (SSSR count). The quantitative estimate of drug-likeness (QED) is 0.155. The Morgan fingerprint density at radius 1 is 0.947 bits per heavy atom. The normalized spacial score (nSPS) is 13.3. The van der Waals surface area contributed by atoms with Crippen LogP contribution in [0.3, 0.4) is 0 Å². The van der Waals surface area contributed by atoms with Gasteiger partial charge in [0, 0.05) is 18.7 Å². The molecule has 0 aliphatic carbocycles. The van der Waals surface area contributed by atoms with Crippen molar-refractivity contribution in [1.29, 1.82) is 0 Å². The molecule has 1 heterocycles. The lowest BCUT2D eigenvalue weighted by Crippen LogP contribution is -2.57. The predicted octanol–water partition coefficient (Wildman–Crippen LogP) is 1.97. The van der Waals surface area contributed by atoms with Crippen molar-refractivity contribution in [3.63, 3.8) is 0 Å². The van der Waals surface area contributed by atoms with Gasteiger partial charge in [-0.3, -0.25) is 19.2 Å². The highest BCUT2D eigenvalue weighted by atomic mass is 32.1. The average molecular weight is 573 g/mol. The Labute approximate surface area is 233 Å². The van der Waals surface area contributed by atoms with Crippen LogP contribution in [-0.2, 0) is 30.3 Å². The highest BCUT2D eigenvalue weighted by Crippen LogP contribution is 2.09. The minimum absolute atomic E-state index is 0.00127. The van der Waals surface area contributed by atoms with E-state index in [-0.39, 0.29) is 43.5 Å². The van der Waals surface area contributed by atoms with E-state index in [0.29, 0.717) is 13.0 Å². The molecule has 0 bridgehead atoms. The van der Waals surface area contributed by atoms with Crippen molar-refractivity contribution >= 4 is 53.7 Å². The number of carboxylic acid groups (broad SMARTS) is 1. The van der Waals surface area contributed by atoms with Gasteiger partial charge in [-0.05, 0) is 53.5 Å². The summed E-state index contributed by atoms with van der Waals surface area (Å²) in [5, 5.41) is 23.4. The molecule has 0 fully saturated rings. The highest BCUT2D eigenvalue weighted by Gasteiger charge is 2.30. The third kappa shape index (κ3) is 13.7. The van der Waals surface area contributed by atoms with Crippen molar-refractivity contribution < 1.29 is 33.8 Å². The molecule has 11 nitrogen and oxygen atoms in total. The summed E-state index contributed by atoms with van der Waals surface area (Å²) in [5.41, 5.74) is 1.10. The Kier molecular flexibility index (Phi) is 15.4. The molecule has 38 heavy (non-hydrogen) atoms. The first-order chi connectivity index (χ1) is 17.9. The number of hydrogen-bond donors (Lipinski definition) is 6. The number of alkyl carbamates (subject to hydrolysis) is 1. The molecule has 1 aromatic heterocycles. The van der Waals surface area contributed by atoms with Crippen molar-refractivity contribution in [3.8, 4) is 0 Å². The Bertz CT molecular complexity index is 910. The molecule has 0 unspecified atom stereocenters. The molecule has 0 aliphatic heterocycles. The third-order valence-electron chi connectivity index (χ3n) is 5.25. The minimum Gasteiger partial charge on any atom is -0.481 e. The number of amides is 4. The van der Waals surface area contributed by atoms with Gasteiger partial charge in [0.2, 0.25) is 17.7 Å². The molecule has 0 saturated heterocycles. The van der Waals surface area contributed by atoms with E-state index in [4.69, 9.17) is 9.84 Å². The van der Waals surface area contributed by atoms with Crippen LogP contribution in [0.2, 0.25) is 0 Å². The van der Waals surface area contributed by atoms with E-state index in [1.54, 1.807) is 11.3 Å². The summed E-state index contributed by atoms with van der Waals surface area (Å²) in [4.78, 5) is 61.9. The lowest BCUT2D eigenvalue weighted by Gasteiger charge is -2.25. The van der Waals surface area contributed by atoms with Crippen LogP contribution in [0.5, 0.6) is 0 Å². The van der Waals surface area contributed by atoms with E-state index in [1.807, 2.05) is 44.5 Å². The molecular formula is C25H40N4O7S2. The zero-order valence-corrected chi connectivity index (χ0v) is 24.0. The fourth-order valence-electron chi connectivity index (χ4n) is 3.29. The number of nitrogens with one attached hydrogen (secondary N) is 4. The average Bonchev–Trinajstić information content (AvgIpc) is 3.36. The number of hydrogen-bond acceptors (Lipinski definition) is 8. The first-order valence-corrected chi connectivity index (χ1v) is 14.2. The zero-order chi connectivity index (χ0) is 28.7. The maximum absolute atomic E-state index is 13.1. The lowest BCUT2D eigenvalue weighted by molar-refractivity contribution is -0.137. The van der Waals surface area contributed by atoms with E-state index in [1.165, 1.54) is 0 Å². The number of aliphatic carboxylic acids is 1. The van der Waals surface area contributed by atoms with E-state index in [2.05, 4.69) is 33.9 Å². The Morgan fingerprint density at radius 3 is 2.16 bits per heavy atom. The van der Waals surface area contributed by atoms with Crippen molar-refractivity contribution in [1.82, 2.24) is 21.3 Å². The van der Waals surface area contributed by atoms with Crippen molar-refractivity contribution in [3.05, 3.63) is 22.4 Å². The summed E-state index contributed by atoms with van der Waals surface area (Å²) < 4.78 is 5.05. The van der Waals surface area contributed by atoms with Crippen LogP contribution < -0.4 is 21.3 Å². The zero-order valence-electron chi connectivity index (χ0n) is 22.3. The molecule has 0 aromatic carbocycles. The molecule has 0 saturated carbocycles. The van der Waals surface area contributed by atoms with Gasteiger partial charge in [0.05, 0.1) is 6.61 Å². The van der Waals surface area contributed by atoms with Gasteiger partial charge in [-0.1, -0.05) is 27.7 Å². The van der Waals surface area contributed by atoms with Crippen molar-refractivity contribution in [2.75, 3.05) is 18.9 Å². The maximum Gasteiger partial charge on any atom is 0.407 e. The molecule has 0 radical (unpaired) electrons. The van der Waals surface area contributed by atoms with Gasteiger partial charge in [-0.25, -0.2) is 4.79 Å². The van der Waals surface area contributed by atoms with Crippen LogP contribution >= 0.6 is 24.0 Å². The number of thiophene rings is 1. The van der Waals surface area contributed by atoms with Crippen molar-refractivity contribution in [2.45, 2.75) is 71.5 Å². The summed E-state index contributed by atoms with van der Waals surface area (Å²) in [7, 11) is 0. The number of rotatable bonds is 17. The van der Waals surface area contributed by atoms with E-state index >= 15 is 0 Å². The van der Waals surface area contributed by atoms with E-state index < -0.39 is 47.9 Å². The van der Waals surface area contributed by atoms with Gasteiger partial charge in [0.15, 0.2) is 0 Å². The van der Waals surface area contributed by atoms with Crippen LogP contribution in [0.4, 0.5) is 4.79 Å². The summed E-state index contributed by atoms with van der Waals surface area (Å²) in [6.07, 6.45) is -0.529. The second-order valence-corrected chi connectivity index (χ2v) is 10.9. The molecule has 13 heteroatoms. The molecule has 3 atom stereocenters. The van der Waals surface area contributed by atoms with Gasteiger partial charge < -0.3 is 31.1 Å². The van der Waals surface area contributed by atoms with E-state index in [0.717, 1.165) is 5.56 Å². The van der Waals surface area contributed by atoms with E-state index in [9.17, 15) is 24.0 Å². The van der Waals surface area contributed by atoms with Crippen LogP contribution in [-0.4, -0.2) is 71.9 Å². The van der Waals surface area contributed by atoms with Gasteiger partial charge >= 0.3 is 12.1 Å². The number of carbonyl (C=O) groups excluding carboxylic acids is 4. The molecule has 214 valence electrons. The first kappa shape index (κ1) is 33.2. The standard InChI is InChI=1S/C25H40N4O7S2/c1-15(2)11-19(24(34)28-20(13-37)22(32)26-9-7-17-8-10-38-14-17)27-23(33)18(5-6-21(30)31)29-25(35)36-12-16(3)4/h8,10,14-16,18-20,37H,5-7,9,11-13H2,1-4H3,(H,26,32)(H,27,33)(H,28,34)(H,29,35)(H,30,31)/t18-,19-,20-/m0/s1. The highest BCUT2D eigenvalue weighted by molar-refractivity contribution is 7.80. The second-order valence-electron chi connectivity index (χ2n) is 9.73. The monoisotopic (exact) mass is 572 g/mol. The van der Waals surface area contributed by atoms with Crippen LogP contribution in [0.1, 0.15) is 52.5 Å². The maximum atomic E-state index is 13.1. The number of ether oxygens (including phenoxy) is 1. The summed E-state index contributed by atoms with van der Waals surface area (Å²) in [6.45, 7) is 7.94. The molecule has 0 aliphatic rings. The fourth-order valence-corrected chi connectivity index (χ4v) is 4.25. The predicted molar refractivity (Wildman–Crippen MR) is 148 cm³/mol. The van der Waals surface area contributed by atoms with Gasteiger partial charge in [-0.2, -0.15) is 24.0 Å². The minimum atomic E-state index is -1.23. The SMILES string of the molecule is CC(C)COC(=O)N[C@@H](CCC(=O)O)C(=O)N[C@@H](CC(C)C)C(=O)N[C@@H](CS)C(=O)NCCc1ccsc1. The smallest absolute Gasteiger partial charge is 0.407 e.